The molecule has 9 aromatic rings. The molecule has 0 saturated heterocycles. The first-order valence-corrected chi connectivity index (χ1v) is 16.3. The zero-order valence-electron chi connectivity index (χ0n) is 25.2. The van der Waals surface area contributed by atoms with Crippen LogP contribution in [0.1, 0.15) is 0 Å². The van der Waals surface area contributed by atoms with Crippen molar-refractivity contribution < 1.29 is 0 Å². The molecular formula is C43H25N3S. The van der Waals surface area contributed by atoms with E-state index in [1.54, 1.807) is 0 Å². The van der Waals surface area contributed by atoms with Gasteiger partial charge < -0.3 is 0 Å². The third-order valence-electron chi connectivity index (χ3n) is 8.91. The topological polar surface area (TPSA) is 30.1 Å². The minimum absolute atomic E-state index is 0.668. The van der Waals surface area contributed by atoms with Gasteiger partial charge in [-0.1, -0.05) is 121 Å². The minimum Gasteiger partial charge on any atom is -0.245 e. The van der Waals surface area contributed by atoms with Crippen molar-refractivity contribution in [2.45, 2.75) is 0 Å². The van der Waals surface area contributed by atoms with Crippen LogP contribution < -0.4 is 0 Å². The monoisotopic (exact) mass is 615 g/mol. The van der Waals surface area contributed by atoms with Crippen molar-refractivity contribution in [3.8, 4) is 44.8 Å². The van der Waals surface area contributed by atoms with Gasteiger partial charge >= 0.3 is 0 Å². The molecule has 0 atom stereocenters. The van der Waals surface area contributed by atoms with Gasteiger partial charge in [0.2, 0.25) is 0 Å². The maximum atomic E-state index is 7.57. The van der Waals surface area contributed by atoms with Crippen LogP contribution in [0.25, 0.3) is 91.6 Å². The molecule has 0 unspecified atom stereocenters. The summed E-state index contributed by atoms with van der Waals surface area (Å²) in [7, 11) is 0. The summed E-state index contributed by atoms with van der Waals surface area (Å²) in [5.41, 5.74) is 10.9. The minimum atomic E-state index is 0.668. The number of pyridine rings is 2. The van der Waals surface area contributed by atoms with Crippen LogP contribution in [-0.2, 0) is 0 Å². The zero-order chi connectivity index (χ0) is 31.3. The molecule has 0 radical (unpaired) electrons. The van der Waals surface area contributed by atoms with Gasteiger partial charge in [0, 0.05) is 42.1 Å². The molecule has 0 saturated carbocycles. The Hall–Kier alpha value is -6.15. The van der Waals surface area contributed by atoms with Crippen molar-refractivity contribution in [2.24, 2.45) is 0 Å². The lowest BCUT2D eigenvalue weighted by molar-refractivity contribution is 1.37. The molecule has 6 aromatic carbocycles. The van der Waals surface area contributed by atoms with Crippen molar-refractivity contribution in [1.82, 2.24) is 9.97 Å². The summed E-state index contributed by atoms with van der Waals surface area (Å²) in [5.74, 6) is 0. The number of nitrogens with zero attached hydrogens (tertiary/aromatic N) is 3. The van der Waals surface area contributed by atoms with E-state index in [2.05, 4.69) is 114 Å². The van der Waals surface area contributed by atoms with Gasteiger partial charge in [-0.2, -0.15) is 0 Å². The highest BCUT2D eigenvalue weighted by Crippen LogP contribution is 2.42. The maximum Gasteiger partial charge on any atom is 0.194 e. The molecule has 218 valence electrons. The molecule has 0 fully saturated rings. The Morgan fingerprint density at radius 1 is 0.468 bits per heavy atom. The third kappa shape index (κ3) is 4.65. The van der Waals surface area contributed by atoms with Crippen LogP contribution in [0, 0.1) is 6.57 Å². The second-order valence-corrected chi connectivity index (χ2v) is 12.7. The van der Waals surface area contributed by atoms with Crippen molar-refractivity contribution in [3.63, 3.8) is 0 Å². The predicted octanol–water partition coefficient (Wildman–Crippen LogP) is 12.4. The van der Waals surface area contributed by atoms with Gasteiger partial charge in [0.15, 0.2) is 5.69 Å². The Labute approximate surface area is 275 Å². The Balaban J connectivity index is 1.17. The smallest absolute Gasteiger partial charge is 0.194 e. The van der Waals surface area contributed by atoms with E-state index in [0.717, 1.165) is 61.0 Å². The normalized spacial score (nSPS) is 11.4. The van der Waals surface area contributed by atoms with Crippen molar-refractivity contribution in [1.29, 1.82) is 0 Å². The Morgan fingerprint density at radius 2 is 1.06 bits per heavy atom. The molecule has 0 N–H and O–H groups in total. The number of rotatable bonds is 4. The lowest BCUT2D eigenvalue weighted by atomic mass is 9.96. The second kappa shape index (κ2) is 11.0. The molecule has 0 aliphatic carbocycles. The van der Waals surface area contributed by atoms with Crippen LogP contribution in [0.5, 0.6) is 0 Å². The first kappa shape index (κ1) is 27.2. The third-order valence-corrected chi connectivity index (χ3v) is 10.0. The summed E-state index contributed by atoms with van der Waals surface area (Å²) >= 11 is 1.82. The fourth-order valence-electron chi connectivity index (χ4n) is 6.57. The first-order chi connectivity index (χ1) is 23.2. The van der Waals surface area contributed by atoms with Gasteiger partial charge in [-0.05, 0) is 52.6 Å². The summed E-state index contributed by atoms with van der Waals surface area (Å²) < 4.78 is 2.51. The number of benzene rings is 6. The van der Waals surface area contributed by atoms with E-state index in [-0.39, 0.29) is 0 Å². The highest BCUT2D eigenvalue weighted by atomic mass is 32.1. The van der Waals surface area contributed by atoms with Gasteiger partial charge in [0.05, 0.1) is 29.0 Å². The van der Waals surface area contributed by atoms with Crippen molar-refractivity contribution in [2.75, 3.05) is 0 Å². The molecule has 0 aliphatic heterocycles. The van der Waals surface area contributed by atoms with Gasteiger partial charge in [-0.25, -0.2) is 14.8 Å². The molecule has 47 heavy (non-hydrogen) atoms. The second-order valence-electron chi connectivity index (χ2n) is 11.7. The number of para-hydroxylation sites is 1. The molecule has 0 spiro atoms. The van der Waals surface area contributed by atoms with Gasteiger partial charge in [0.1, 0.15) is 0 Å². The van der Waals surface area contributed by atoms with Crippen LogP contribution in [0.15, 0.2) is 152 Å². The van der Waals surface area contributed by atoms with E-state index in [1.807, 2.05) is 53.8 Å². The van der Waals surface area contributed by atoms with E-state index < -0.39 is 0 Å². The Kier molecular flexibility index (Phi) is 6.38. The number of hydrogen-bond acceptors (Lipinski definition) is 3. The number of aromatic nitrogens is 2. The van der Waals surface area contributed by atoms with Crippen LogP contribution in [-0.4, -0.2) is 9.97 Å². The SMILES string of the molecule is [C-]#[N+]c1ccccc1-c1ccc(-c2cccc3sc4ccc(-c5ccc6ccc7ccc(-c8ccccc8)nc7c6n5)cc4c23)cc1. The molecule has 3 nitrogen and oxygen atoms in total. The van der Waals surface area contributed by atoms with E-state index in [1.165, 1.54) is 25.7 Å². The Morgan fingerprint density at radius 3 is 1.79 bits per heavy atom. The predicted molar refractivity (Wildman–Crippen MR) is 198 cm³/mol. The highest BCUT2D eigenvalue weighted by Gasteiger charge is 2.14. The van der Waals surface area contributed by atoms with E-state index in [9.17, 15) is 0 Å². The van der Waals surface area contributed by atoms with Gasteiger partial charge in [-0.3, -0.25) is 0 Å². The van der Waals surface area contributed by atoms with Crippen molar-refractivity contribution >= 4 is 59.0 Å². The molecule has 3 aromatic heterocycles. The number of thiophene rings is 1. The lowest BCUT2D eigenvalue weighted by Gasteiger charge is -2.09. The molecule has 4 heteroatoms. The average molecular weight is 616 g/mol. The highest BCUT2D eigenvalue weighted by molar-refractivity contribution is 7.26. The molecule has 0 amide bonds. The summed E-state index contributed by atoms with van der Waals surface area (Å²) in [6.07, 6.45) is 0. The Bertz CT molecular complexity index is 2680. The summed E-state index contributed by atoms with van der Waals surface area (Å²) in [5, 5.41) is 4.63. The largest absolute Gasteiger partial charge is 0.245 e. The molecular weight excluding hydrogens is 591 g/mol. The molecule has 3 heterocycles. The van der Waals surface area contributed by atoms with Crippen LogP contribution in [0.4, 0.5) is 5.69 Å². The summed E-state index contributed by atoms with van der Waals surface area (Å²) in [6.45, 7) is 7.57. The molecule has 9 rings (SSSR count). The van der Waals surface area contributed by atoms with Gasteiger partial charge in [0.25, 0.3) is 0 Å². The zero-order valence-corrected chi connectivity index (χ0v) is 26.0. The first-order valence-electron chi connectivity index (χ1n) is 15.5. The lowest BCUT2D eigenvalue weighted by Crippen LogP contribution is -1.91. The maximum absolute atomic E-state index is 7.57. The van der Waals surface area contributed by atoms with Crippen LogP contribution in [0.3, 0.4) is 0 Å². The molecule has 0 bridgehead atoms. The summed E-state index contributed by atoms with van der Waals surface area (Å²) in [4.78, 5) is 14.0. The van der Waals surface area contributed by atoms with Crippen LogP contribution >= 0.6 is 11.3 Å². The van der Waals surface area contributed by atoms with E-state index in [4.69, 9.17) is 16.5 Å². The fourth-order valence-corrected chi connectivity index (χ4v) is 7.68. The van der Waals surface area contributed by atoms with Crippen LogP contribution in [0.2, 0.25) is 0 Å². The van der Waals surface area contributed by atoms with E-state index in [0.29, 0.717) is 5.69 Å². The van der Waals surface area contributed by atoms with Gasteiger partial charge in [-0.15, -0.1) is 11.3 Å². The average Bonchev–Trinajstić information content (AvgIpc) is 3.53. The summed E-state index contributed by atoms with van der Waals surface area (Å²) in [6, 6.07) is 52.7. The van der Waals surface area contributed by atoms with E-state index >= 15 is 0 Å². The number of hydrogen-bond donors (Lipinski definition) is 0. The molecule has 0 aliphatic rings. The van der Waals surface area contributed by atoms with Crippen molar-refractivity contribution in [3.05, 3.63) is 163 Å². The number of fused-ring (bicyclic) bond motifs is 6. The fraction of sp³-hybridized carbons (Fsp3) is 0. The quantitative estimate of drug-likeness (QED) is 0.146. The standard InChI is InChI=1S/C43H25N3S/c1-44-38-12-6-5-10-33(38)27-14-16-28(17-15-27)34-11-7-13-40-41(34)35-26-32(22-25-39(35)47-40)37-24-21-31-19-18-30-20-23-36(29-8-3-2-4-9-29)45-42(30)43(31)46-37/h2-26H.